The predicted molar refractivity (Wildman–Crippen MR) is 82.7 cm³/mol. The number of nitrogens with one attached hydrogen (secondary N) is 1. The molecule has 1 N–H and O–H groups in total. The third-order valence-electron chi connectivity index (χ3n) is 3.51. The second kappa shape index (κ2) is 6.27. The van der Waals surface area contributed by atoms with Crippen LogP contribution in [-0.4, -0.2) is 5.91 Å². The Labute approximate surface area is 128 Å². The fourth-order valence-corrected chi connectivity index (χ4v) is 2.24. The highest BCUT2D eigenvalue weighted by Gasteiger charge is 2.29. The molecular formula is C17H17ClFNO. The molecule has 0 fully saturated rings. The van der Waals surface area contributed by atoms with Crippen LogP contribution >= 0.6 is 11.6 Å². The van der Waals surface area contributed by atoms with Gasteiger partial charge in [0.1, 0.15) is 5.82 Å². The van der Waals surface area contributed by atoms with Crippen molar-refractivity contribution < 1.29 is 9.18 Å². The molecular weight excluding hydrogens is 289 g/mol. The highest BCUT2D eigenvalue weighted by molar-refractivity contribution is 6.30. The molecule has 110 valence electrons. The zero-order valence-electron chi connectivity index (χ0n) is 12.0. The molecule has 0 atom stereocenters. The molecule has 2 aromatic carbocycles. The molecule has 2 nitrogen and oxygen atoms in total. The summed E-state index contributed by atoms with van der Waals surface area (Å²) in [6.45, 7) is 3.79. The number of carbonyl (C=O) groups is 1. The fraction of sp³-hybridized carbons (Fsp3) is 0.235. The maximum Gasteiger partial charge on any atom is 0.230 e. The minimum atomic E-state index is -0.740. The summed E-state index contributed by atoms with van der Waals surface area (Å²) < 4.78 is 13.5. The maximum atomic E-state index is 13.5. The number of hydrogen-bond acceptors (Lipinski definition) is 1. The van der Waals surface area contributed by atoms with Crippen LogP contribution in [0.2, 0.25) is 5.02 Å². The van der Waals surface area contributed by atoms with E-state index in [0.717, 1.165) is 5.56 Å². The van der Waals surface area contributed by atoms with Crippen LogP contribution in [0.3, 0.4) is 0 Å². The predicted octanol–water partition coefficient (Wildman–Crippen LogP) is 4.07. The lowest BCUT2D eigenvalue weighted by Gasteiger charge is -2.24. The molecule has 0 saturated heterocycles. The Morgan fingerprint density at radius 1 is 1.19 bits per heavy atom. The molecule has 21 heavy (non-hydrogen) atoms. The highest BCUT2D eigenvalue weighted by Crippen LogP contribution is 2.26. The molecule has 4 heteroatoms. The first kappa shape index (κ1) is 15.5. The van der Waals surface area contributed by atoms with Crippen molar-refractivity contribution in [2.75, 3.05) is 0 Å². The van der Waals surface area contributed by atoms with E-state index in [1.807, 2.05) is 26.0 Å². The minimum absolute atomic E-state index is 0.162. The van der Waals surface area contributed by atoms with Crippen molar-refractivity contribution in [3.05, 3.63) is 70.5 Å². The van der Waals surface area contributed by atoms with E-state index in [0.29, 0.717) is 10.6 Å². The molecule has 0 aliphatic carbocycles. The molecule has 2 rings (SSSR count). The lowest BCUT2D eigenvalue weighted by molar-refractivity contribution is -0.125. The molecule has 1 amide bonds. The lowest BCUT2D eigenvalue weighted by Crippen LogP contribution is -2.39. The van der Waals surface area contributed by atoms with Crippen molar-refractivity contribution >= 4 is 17.5 Å². The average molecular weight is 306 g/mol. The zero-order valence-corrected chi connectivity index (χ0v) is 12.7. The molecule has 0 spiro atoms. The molecule has 0 heterocycles. The van der Waals surface area contributed by atoms with Gasteiger partial charge in [-0.15, -0.1) is 0 Å². The Hall–Kier alpha value is -1.87. The second-order valence-electron chi connectivity index (χ2n) is 5.41. The van der Waals surface area contributed by atoms with Gasteiger partial charge in [0, 0.05) is 17.1 Å². The van der Waals surface area contributed by atoms with E-state index in [9.17, 15) is 9.18 Å². The van der Waals surface area contributed by atoms with Crippen LogP contribution in [0, 0.1) is 5.82 Å². The van der Waals surface area contributed by atoms with Crippen molar-refractivity contribution in [2.45, 2.75) is 25.8 Å². The first-order valence-corrected chi connectivity index (χ1v) is 7.07. The monoisotopic (exact) mass is 305 g/mol. The number of benzene rings is 2. The number of hydrogen-bond donors (Lipinski definition) is 1. The van der Waals surface area contributed by atoms with Crippen LogP contribution < -0.4 is 5.32 Å². The fourth-order valence-electron chi connectivity index (χ4n) is 2.05. The molecule has 0 radical (unpaired) electrons. The number of rotatable bonds is 4. The number of amides is 1. The van der Waals surface area contributed by atoms with E-state index in [1.54, 1.807) is 30.3 Å². The molecule has 0 aliphatic heterocycles. The smallest absolute Gasteiger partial charge is 0.230 e. The SMILES string of the molecule is CC(C)(C(=O)NCc1ccccc1F)c1cccc(Cl)c1. The number of halogens is 2. The van der Waals surface area contributed by atoms with Gasteiger partial charge < -0.3 is 5.32 Å². The number of carbonyl (C=O) groups excluding carboxylic acids is 1. The van der Waals surface area contributed by atoms with Crippen LogP contribution in [0.4, 0.5) is 4.39 Å². The van der Waals surface area contributed by atoms with Crippen LogP contribution in [0.25, 0.3) is 0 Å². The highest BCUT2D eigenvalue weighted by atomic mass is 35.5. The first-order chi connectivity index (χ1) is 9.91. The van der Waals surface area contributed by atoms with Gasteiger partial charge in [0.25, 0.3) is 0 Å². The normalized spacial score (nSPS) is 11.2. The van der Waals surface area contributed by atoms with Gasteiger partial charge in [0.2, 0.25) is 5.91 Å². The standard InChI is InChI=1S/C17H17ClFNO/c1-17(2,13-7-5-8-14(18)10-13)16(21)20-11-12-6-3-4-9-15(12)19/h3-10H,11H2,1-2H3,(H,20,21). The van der Waals surface area contributed by atoms with E-state index in [4.69, 9.17) is 11.6 Å². The van der Waals surface area contributed by atoms with Crippen molar-refractivity contribution in [3.8, 4) is 0 Å². The molecule has 0 bridgehead atoms. The zero-order chi connectivity index (χ0) is 15.5. The van der Waals surface area contributed by atoms with Crippen LogP contribution in [0.1, 0.15) is 25.0 Å². The minimum Gasteiger partial charge on any atom is -0.351 e. The lowest BCUT2D eigenvalue weighted by atomic mass is 9.83. The van der Waals surface area contributed by atoms with Crippen molar-refractivity contribution in [1.29, 1.82) is 0 Å². The summed E-state index contributed by atoms with van der Waals surface area (Å²) in [5.74, 6) is -0.494. The molecule has 0 aromatic heterocycles. The molecule has 2 aromatic rings. The van der Waals surface area contributed by atoms with E-state index >= 15 is 0 Å². The summed E-state index contributed by atoms with van der Waals surface area (Å²) in [5.41, 5.74) is 0.546. The third-order valence-corrected chi connectivity index (χ3v) is 3.75. The molecule has 0 unspecified atom stereocenters. The second-order valence-corrected chi connectivity index (χ2v) is 5.85. The van der Waals surface area contributed by atoms with Gasteiger partial charge in [0.15, 0.2) is 0 Å². The van der Waals surface area contributed by atoms with Crippen molar-refractivity contribution in [1.82, 2.24) is 5.32 Å². The summed E-state index contributed by atoms with van der Waals surface area (Å²) >= 11 is 5.97. The van der Waals surface area contributed by atoms with E-state index in [-0.39, 0.29) is 18.3 Å². The quantitative estimate of drug-likeness (QED) is 0.906. The van der Waals surface area contributed by atoms with Gasteiger partial charge in [0.05, 0.1) is 5.41 Å². The van der Waals surface area contributed by atoms with Crippen LogP contribution in [0.15, 0.2) is 48.5 Å². The van der Waals surface area contributed by atoms with Crippen LogP contribution in [0.5, 0.6) is 0 Å². The Morgan fingerprint density at radius 3 is 2.57 bits per heavy atom. The van der Waals surface area contributed by atoms with E-state index < -0.39 is 5.41 Å². The van der Waals surface area contributed by atoms with Gasteiger partial charge >= 0.3 is 0 Å². The summed E-state index contributed by atoms with van der Waals surface area (Å²) in [4.78, 5) is 12.4. The van der Waals surface area contributed by atoms with E-state index in [2.05, 4.69) is 5.32 Å². The molecule has 0 saturated carbocycles. The summed E-state index contributed by atoms with van der Waals surface area (Å²) in [6.07, 6.45) is 0. The van der Waals surface area contributed by atoms with Gasteiger partial charge in [-0.25, -0.2) is 4.39 Å². The Kier molecular flexibility index (Phi) is 4.63. The summed E-state index contributed by atoms with van der Waals surface area (Å²) in [7, 11) is 0. The van der Waals surface area contributed by atoms with Gasteiger partial charge in [-0.1, -0.05) is 41.9 Å². The third kappa shape index (κ3) is 3.61. The van der Waals surface area contributed by atoms with Crippen molar-refractivity contribution in [2.24, 2.45) is 0 Å². The largest absolute Gasteiger partial charge is 0.351 e. The topological polar surface area (TPSA) is 29.1 Å². The summed E-state index contributed by atoms with van der Waals surface area (Å²) in [6, 6.07) is 13.6. The molecule has 0 aliphatic rings. The average Bonchev–Trinajstić information content (AvgIpc) is 2.46. The maximum absolute atomic E-state index is 13.5. The van der Waals surface area contributed by atoms with Gasteiger partial charge in [-0.3, -0.25) is 4.79 Å². The van der Waals surface area contributed by atoms with Gasteiger partial charge in [-0.2, -0.15) is 0 Å². The van der Waals surface area contributed by atoms with Crippen LogP contribution in [-0.2, 0) is 16.8 Å². The first-order valence-electron chi connectivity index (χ1n) is 6.69. The summed E-state index contributed by atoms with van der Waals surface area (Å²) in [5, 5.41) is 3.36. The Morgan fingerprint density at radius 2 is 1.90 bits per heavy atom. The Balaban J connectivity index is 2.10. The van der Waals surface area contributed by atoms with Gasteiger partial charge in [-0.05, 0) is 37.6 Å². The van der Waals surface area contributed by atoms with E-state index in [1.165, 1.54) is 6.07 Å². The van der Waals surface area contributed by atoms with Crippen molar-refractivity contribution in [3.63, 3.8) is 0 Å². The Bertz CT molecular complexity index is 655.